The van der Waals surface area contributed by atoms with E-state index < -0.39 is 0 Å². The maximum atomic E-state index is 13.6. The van der Waals surface area contributed by atoms with Crippen LogP contribution in [-0.4, -0.2) is 32.8 Å². The molecule has 1 aromatic carbocycles. The number of benzene rings is 1. The van der Waals surface area contributed by atoms with Crippen molar-refractivity contribution in [3.05, 3.63) is 24.0 Å². The van der Waals surface area contributed by atoms with Crippen LogP contribution in [-0.2, 0) is 0 Å². The molecule has 1 atom stereocenters. The molecule has 0 aromatic heterocycles. The molecule has 0 radical (unpaired) electrons. The number of anilines is 1. The van der Waals surface area contributed by atoms with Gasteiger partial charge in [0.25, 0.3) is 0 Å². The fourth-order valence-electron chi connectivity index (χ4n) is 2.12. The molecule has 16 heavy (non-hydrogen) atoms. The zero-order valence-corrected chi connectivity index (χ0v) is 9.66. The van der Waals surface area contributed by atoms with Crippen LogP contribution in [0.3, 0.4) is 0 Å². The number of nitrogens with one attached hydrogen (secondary N) is 1. The van der Waals surface area contributed by atoms with Crippen LogP contribution in [0.25, 0.3) is 0 Å². The lowest BCUT2D eigenvalue weighted by atomic mass is 10.1. The molecule has 0 amide bonds. The fraction of sp³-hybridized carbons (Fsp3) is 0.500. The van der Waals surface area contributed by atoms with Crippen LogP contribution in [0.5, 0.6) is 5.75 Å². The fourth-order valence-corrected chi connectivity index (χ4v) is 2.12. The molecule has 1 fully saturated rings. The van der Waals surface area contributed by atoms with E-state index in [4.69, 9.17) is 4.74 Å². The van der Waals surface area contributed by atoms with Crippen LogP contribution in [0, 0.1) is 5.82 Å². The van der Waals surface area contributed by atoms with Crippen molar-refractivity contribution >= 4 is 5.69 Å². The number of para-hydroxylation sites is 1. The lowest BCUT2D eigenvalue weighted by molar-refractivity contribution is 0.382. The molecule has 1 N–H and O–H groups in total. The van der Waals surface area contributed by atoms with Crippen LogP contribution >= 0.6 is 0 Å². The summed E-state index contributed by atoms with van der Waals surface area (Å²) in [5, 5.41) is 3.31. The number of rotatable bonds is 2. The van der Waals surface area contributed by atoms with Crippen molar-refractivity contribution in [1.82, 2.24) is 5.32 Å². The van der Waals surface area contributed by atoms with Gasteiger partial charge in [0.2, 0.25) is 0 Å². The quantitative estimate of drug-likeness (QED) is 0.826. The van der Waals surface area contributed by atoms with Gasteiger partial charge in [-0.1, -0.05) is 6.07 Å². The third-order valence-electron chi connectivity index (χ3n) is 2.96. The third-order valence-corrected chi connectivity index (χ3v) is 2.96. The molecule has 0 bridgehead atoms. The molecule has 1 aliphatic rings. The minimum absolute atomic E-state index is 0.300. The largest absolute Gasteiger partial charge is 0.492 e. The Labute approximate surface area is 95.2 Å². The highest BCUT2D eigenvalue weighted by Crippen LogP contribution is 2.32. The van der Waals surface area contributed by atoms with Crippen LogP contribution in [0.2, 0.25) is 0 Å². The minimum atomic E-state index is -0.300. The summed E-state index contributed by atoms with van der Waals surface area (Å²) in [6.45, 7) is 4.83. The summed E-state index contributed by atoms with van der Waals surface area (Å²) in [5.74, 6) is 0.0435. The van der Waals surface area contributed by atoms with Crippen molar-refractivity contribution in [2.45, 2.75) is 13.0 Å². The summed E-state index contributed by atoms with van der Waals surface area (Å²) in [4.78, 5) is 2.18. The van der Waals surface area contributed by atoms with E-state index in [0.29, 0.717) is 11.8 Å². The van der Waals surface area contributed by atoms with Crippen molar-refractivity contribution in [1.29, 1.82) is 0 Å². The highest BCUT2D eigenvalue weighted by Gasteiger charge is 2.22. The smallest absolute Gasteiger partial charge is 0.177 e. The van der Waals surface area contributed by atoms with E-state index >= 15 is 0 Å². The first kappa shape index (κ1) is 11.2. The first-order chi connectivity index (χ1) is 7.74. The van der Waals surface area contributed by atoms with Crippen LogP contribution in [0.15, 0.2) is 18.2 Å². The van der Waals surface area contributed by atoms with Gasteiger partial charge in [-0.3, -0.25) is 0 Å². The first-order valence-corrected chi connectivity index (χ1v) is 5.54. The van der Waals surface area contributed by atoms with Gasteiger partial charge in [-0.15, -0.1) is 0 Å². The van der Waals surface area contributed by atoms with E-state index in [0.717, 1.165) is 25.3 Å². The van der Waals surface area contributed by atoms with Crippen LogP contribution < -0.4 is 15.0 Å². The second kappa shape index (κ2) is 4.70. The van der Waals surface area contributed by atoms with Gasteiger partial charge in [0.05, 0.1) is 12.8 Å². The summed E-state index contributed by atoms with van der Waals surface area (Å²) in [7, 11) is 1.51. The summed E-state index contributed by atoms with van der Waals surface area (Å²) in [5.41, 5.74) is 0.844. The van der Waals surface area contributed by atoms with Crippen molar-refractivity contribution in [2.24, 2.45) is 0 Å². The molecule has 0 unspecified atom stereocenters. The summed E-state index contributed by atoms with van der Waals surface area (Å²) in [6, 6.07) is 5.41. The third kappa shape index (κ3) is 1.97. The van der Waals surface area contributed by atoms with Gasteiger partial charge >= 0.3 is 0 Å². The number of methoxy groups -OCH3 is 1. The maximum Gasteiger partial charge on any atom is 0.177 e. The monoisotopic (exact) mass is 224 g/mol. The predicted molar refractivity (Wildman–Crippen MR) is 62.6 cm³/mol. The molecule has 1 saturated heterocycles. The van der Waals surface area contributed by atoms with Gasteiger partial charge in [0, 0.05) is 25.7 Å². The van der Waals surface area contributed by atoms with E-state index in [1.165, 1.54) is 13.2 Å². The lowest BCUT2D eigenvalue weighted by Crippen LogP contribution is -2.50. The second-order valence-electron chi connectivity index (χ2n) is 4.04. The van der Waals surface area contributed by atoms with E-state index in [1.54, 1.807) is 6.07 Å². The molecule has 88 valence electrons. The number of hydrogen-bond donors (Lipinski definition) is 1. The molecule has 0 aliphatic carbocycles. The summed E-state index contributed by atoms with van der Waals surface area (Å²) in [6.07, 6.45) is 0. The van der Waals surface area contributed by atoms with Crippen molar-refractivity contribution in [3.8, 4) is 5.75 Å². The normalized spacial score (nSPS) is 20.9. The zero-order valence-electron chi connectivity index (χ0n) is 9.66. The SMILES string of the molecule is COc1c(F)cccc1N1CCNC[C@@H]1C. The topological polar surface area (TPSA) is 24.5 Å². The summed E-state index contributed by atoms with van der Waals surface area (Å²) < 4.78 is 18.7. The first-order valence-electron chi connectivity index (χ1n) is 5.54. The number of nitrogens with zero attached hydrogens (tertiary/aromatic N) is 1. The van der Waals surface area contributed by atoms with Gasteiger partial charge in [0.15, 0.2) is 11.6 Å². The Balaban J connectivity index is 2.34. The molecule has 1 heterocycles. The van der Waals surface area contributed by atoms with E-state index in [-0.39, 0.29) is 5.82 Å². The van der Waals surface area contributed by atoms with Gasteiger partial charge in [-0.05, 0) is 19.1 Å². The highest BCUT2D eigenvalue weighted by atomic mass is 19.1. The molecular formula is C12H17FN2O. The Bertz CT molecular complexity index is 370. The number of piperazine rings is 1. The lowest BCUT2D eigenvalue weighted by Gasteiger charge is -2.36. The predicted octanol–water partition coefficient (Wildman–Crippen LogP) is 1.63. The maximum absolute atomic E-state index is 13.6. The number of halogens is 1. The van der Waals surface area contributed by atoms with Gasteiger partial charge < -0.3 is 15.0 Å². The van der Waals surface area contributed by atoms with E-state index in [1.807, 2.05) is 6.07 Å². The molecule has 1 aromatic rings. The van der Waals surface area contributed by atoms with Crippen molar-refractivity contribution in [2.75, 3.05) is 31.6 Å². The molecular weight excluding hydrogens is 207 g/mol. The minimum Gasteiger partial charge on any atom is -0.492 e. The second-order valence-corrected chi connectivity index (χ2v) is 4.04. The molecule has 0 spiro atoms. The van der Waals surface area contributed by atoms with Crippen LogP contribution in [0.1, 0.15) is 6.92 Å². The summed E-state index contributed by atoms with van der Waals surface area (Å²) >= 11 is 0. The Hall–Kier alpha value is -1.29. The Morgan fingerprint density at radius 2 is 2.31 bits per heavy atom. The Kier molecular flexibility index (Phi) is 3.29. The number of hydrogen-bond acceptors (Lipinski definition) is 3. The van der Waals surface area contributed by atoms with Crippen molar-refractivity contribution < 1.29 is 9.13 Å². The van der Waals surface area contributed by atoms with Gasteiger partial charge in [-0.2, -0.15) is 0 Å². The average Bonchev–Trinajstić information content (AvgIpc) is 2.29. The Morgan fingerprint density at radius 1 is 1.50 bits per heavy atom. The molecule has 2 rings (SSSR count). The molecule has 0 saturated carbocycles. The molecule has 3 nitrogen and oxygen atoms in total. The van der Waals surface area contributed by atoms with Gasteiger partial charge in [0.1, 0.15) is 0 Å². The molecule has 4 heteroatoms. The van der Waals surface area contributed by atoms with Crippen LogP contribution in [0.4, 0.5) is 10.1 Å². The Morgan fingerprint density at radius 3 is 3.00 bits per heavy atom. The van der Waals surface area contributed by atoms with Gasteiger partial charge in [-0.25, -0.2) is 4.39 Å². The number of ether oxygens (including phenoxy) is 1. The standard InChI is InChI=1S/C12H17FN2O/c1-9-8-14-6-7-15(9)11-5-3-4-10(13)12(11)16-2/h3-5,9,14H,6-8H2,1-2H3/t9-/m0/s1. The zero-order chi connectivity index (χ0) is 11.5. The molecule has 1 aliphatic heterocycles. The van der Waals surface area contributed by atoms with E-state index in [2.05, 4.69) is 17.1 Å². The van der Waals surface area contributed by atoms with E-state index in [9.17, 15) is 4.39 Å². The van der Waals surface area contributed by atoms with Crippen molar-refractivity contribution in [3.63, 3.8) is 0 Å². The average molecular weight is 224 g/mol. The highest BCUT2D eigenvalue weighted by molar-refractivity contribution is 5.60.